The number of ether oxygens (including phenoxy) is 2. The van der Waals surface area contributed by atoms with Gasteiger partial charge in [0.15, 0.2) is 0 Å². The van der Waals surface area contributed by atoms with Crippen molar-refractivity contribution in [3.8, 4) is 11.5 Å². The zero-order chi connectivity index (χ0) is 25.1. The third kappa shape index (κ3) is 4.78. The molecule has 0 spiro atoms. The van der Waals surface area contributed by atoms with Crippen LogP contribution in [0.5, 0.6) is 11.5 Å². The second-order valence-corrected chi connectivity index (χ2v) is 8.63. The van der Waals surface area contributed by atoms with E-state index in [1.807, 2.05) is 79.7 Å². The van der Waals surface area contributed by atoms with Crippen molar-refractivity contribution in [3.63, 3.8) is 0 Å². The Bertz CT molecular complexity index is 1410. The number of carbonyl (C=O) groups is 1. The molecule has 7 nitrogen and oxygen atoms in total. The molecule has 8 heteroatoms. The molecule has 2 N–H and O–H groups in total. The van der Waals surface area contributed by atoms with Crippen LogP contribution in [0.4, 0.5) is 11.5 Å². The number of allylic oxidation sites excluding steroid dienone is 1. The van der Waals surface area contributed by atoms with E-state index in [4.69, 9.17) is 21.1 Å². The number of fused-ring (bicyclic) bond motifs is 1. The summed E-state index contributed by atoms with van der Waals surface area (Å²) < 4.78 is 12.7. The number of amides is 1. The van der Waals surface area contributed by atoms with Crippen LogP contribution < -0.4 is 20.1 Å². The maximum atomic E-state index is 13.3. The fourth-order valence-corrected chi connectivity index (χ4v) is 4.24. The molecular weight excluding hydrogens is 476 g/mol. The third-order valence-corrected chi connectivity index (χ3v) is 6.15. The summed E-state index contributed by atoms with van der Waals surface area (Å²) in [6.45, 7) is 2.51. The molecule has 4 aromatic rings. The lowest BCUT2D eigenvalue weighted by Gasteiger charge is -2.26. The Balaban J connectivity index is 1.50. The Morgan fingerprint density at radius 1 is 1.08 bits per heavy atom. The van der Waals surface area contributed by atoms with E-state index < -0.39 is 0 Å². The van der Waals surface area contributed by atoms with E-state index in [2.05, 4.69) is 21.8 Å². The molecule has 0 unspecified atom stereocenters. The molecule has 0 bridgehead atoms. The lowest BCUT2D eigenvalue weighted by atomic mass is 10.0. The molecular formula is C28H25ClN4O3. The Morgan fingerprint density at radius 3 is 2.58 bits per heavy atom. The lowest BCUT2D eigenvalue weighted by molar-refractivity contribution is 0.102. The molecule has 3 aromatic carbocycles. The summed E-state index contributed by atoms with van der Waals surface area (Å²) in [6.07, 6.45) is 3.66. The van der Waals surface area contributed by atoms with Gasteiger partial charge in [-0.1, -0.05) is 35.9 Å². The molecule has 0 radical (unpaired) electrons. The van der Waals surface area contributed by atoms with Crippen LogP contribution in [0.2, 0.25) is 5.02 Å². The number of rotatable bonds is 7. The largest absolute Gasteiger partial charge is 0.497 e. The first-order valence-corrected chi connectivity index (χ1v) is 11.9. The van der Waals surface area contributed by atoms with Crippen molar-refractivity contribution < 1.29 is 14.3 Å². The zero-order valence-corrected chi connectivity index (χ0v) is 20.6. The zero-order valence-electron chi connectivity index (χ0n) is 19.9. The second-order valence-electron chi connectivity index (χ2n) is 8.20. The summed E-state index contributed by atoms with van der Waals surface area (Å²) in [6, 6.07) is 22.4. The minimum atomic E-state index is -0.269. The number of halogens is 1. The Morgan fingerprint density at radius 2 is 1.86 bits per heavy atom. The van der Waals surface area contributed by atoms with Gasteiger partial charge in [-0.15, -0.1) is 0 Å². The van der Waals surface area contributed by atoms with Crippen molar-refractivity contribution in [1.29, 1.82) is 0 Å². The highest BCUT2D eigenvalue weighted by Crippen LogP contribution is 2.36. The number of hydrogen-bond acceptors (Lipinski definition) is 5. The molecule has 182 valence electrons. The molecule has 1 amide bonds. The smallest absolute Gasteiger partial charge is 0.261 e. The van der Waals surface area contributed by atoms with Gasteiger partial charge in [0.2, 0.25) is 0 Å². The first-order valence-electron chi connectivity index (χ1n) is 11.6. The number of carbonyl (C=O) groups excluding carboxylic acids is 1. The summed E-state index contributed by atoms with van der Waals surface area (Å²) in [5, 5.41) is 11.6. The van der Waals surface area contributed by atoms with E-state index in [9.17, 15) is 4.79 Å². The monoisotopic (exact) mass is 500 g/mol. The van der Waals surface area contributed by atoms with E-state index in [1.165, 1.54) is 0 Å². The van der Waals surface area contributed by atoms with Crippen LogP contribution in [-0.4, -0.2) is 29.4 Å². The molecule has 0 fully saturated rings. The first-order chi connectivity index (χ1) is 17.6. The molecule has 2 heterocycles. The highest BCUT2D eigenvalue weighted by molar-refractivity contribution is 6.30. The predicted octanol–water partition coefficient (Wildman–Crippen LogP) is 6.25. The maximum absolute atomic E-state index is 13.3. The van der Waals surface area contributed by atoms with Gasteiger partial charge in [0.25, 0.3) is 5.91 Å². The SMILES string of the molecule is CCOc1ccc(NC(=O)c2cnn3c2NC(c2cccc(OC)c2)=C[C@H]3c2ccc(Cl)cc2)cc1. The minimum absolute atomic E-state index is 0.244. The maximum Gasteiger partial charge on any atom is 0.261 e. The van der Waals surface area contributed by atoms with Crippen molar-refractivity contribution in [2.45, 2.75) is 13.0 Å². The molecule has 1 aromatic heterocycles. The van der Waals surface area contributed by atoms with Gasteiger partial charge in [-0.05, 0) is 67.1 Å². The molecule has 0 saturated carbocycles. The van der Waals surface area contributed by atoms with Gasteiger partial charge >= 0.3 is 0 Å². The van der Waals surface area contributed by atoms with Gasteiger partial charge in [-0.2, -0.15) is 5.10 Å². The minimum Gasteiger partial charge on any atom is -0.497 e. The summed E-state index contributed by atoms with van der Waals surface area (Å²) >= 11 is 6.13. The summed E-state index contributed by atoms with van der Waals surface area (Å²) in [7, 11) is 1.64. The van der Waals surface area contributed by atoms with E-state index >= 15 is 0 Å². The fraction of sp³-hybridized carbons (Fsp3) is 0.143. The molecule has 0 aliphatic carbocycles. The normalized spacial score (nSPS) is 14.3. The topological polar surface area (TPSA) is 77.4 Å². The van der Waals surface area contributed by atoms with Crippen LogP contribution in [0.3, 0.4) is 0 Å². The average molecular weight is 501 g/mol. The van der Waals surface area contributed by atoms with Crippen LogP contribution in [0.25, 0.3) is 5.70 Å². The van der Waals surface area contributed by atoms with Crippen LogP contribution in [0, 0.1) is 0 Å². The van der Waals surface area contributed by atoms with Crippen LogP contribution >= 0.6 is 11.6 Å². The van der Waals surface area contributed by atoms with E-state index in [-0.39, 0.29) is 11.9 Å². The summed E-state index contributed by atoms with van der Waals surface area (Å²) in [4.78, 5) is 13.3. The average Bonchev–Trinajstić information content (AvgIpc) is 3.34. The Hall–Kier alpha value is -4.23. The number of nitrogens with one attached hydrogen (secondary N) is 2. The highest BCUT2D eigenvalue weighted by atomic mass is 35.5. The lowest BCUT2D eigenvalue weighted by Crippen LogP contribution is -2.22. The van der Waals surface area contributed by atoms with Gasteiger partial charge < -0.3 is 20.1 Å². The van der Waals surface area contributed by atoms with Crippen LogP contribution in [-0.2, 0) is 0 Å². The van der Waals surface area contributed by atoms with E-state index in [0.29, 0.717) is 28.7 Å². The fourth-order valence-electron chi connectivity index (χ4n) is 4.12. The Kier molecular flexibility index (Phi) is 6.64. The van der Waals surface area contributed by atoms with Crippen molar-refractivity contribution in [2.24, 2.45) is 0 Å². The number of hydrogen-bond donors (Lipinski definition) is 2. The number of aromatic nitrogens is 2. The molecule has 5 rings (SSSR count). The van der Waals surface area contributed by atoms with Gasteiger partial charge in [0.05, 0.1) is 26.0 Å². The number of methoxy groups -OCH3 is 1. The molecule has 0 saturated heterocycles. The molecule has 1 aliphatic rings. The number of anilines is 2. The van der Waals surface area contributed by atoms with Crippen molar-refractivity contribution >= 4 is 34.7 Å². The van der Waals surface area contributed by atoms with Gasteiger partial charge in [-0.25, -0.2) is 4.68 Å². The molecule has 1 atom stereocenters. The Labute approximate surface area is 214 Å². The first kappa shape index (κ1) is 23.5. The van der Waals surface area contributed by atoms with Gasteiger partial charge in [0.1, 0.15) is 22.9 Å². The van der Waals surface area contributed by atoms with Crippen molar-refractivity contribution in [3.05, 3.63) is 107 Å². The number of nitrogens with zero attached hydrogens (tertiary/aromatic N) is 2. The van der Waals surface area contributed by atoms with Crippen molar-refractivity contribution in [2.75, 3.05) is 24.4 Å². The third-order valence-electron chi connectivity index (χ3n) is 5.90. The van der Waals surface area contributed by atoms with Gasteiger partial charge in [0, 0.05) is 22.0 Å². The predicted molar refractivity (Wildman–Crippen MR) is 142 cm³/mol. The summed E-state index contributed by atoms with van der Waals surface area (Å²) in [5.41, 5.74) is 3.85. The highest BCUT2D eigenvalue weighted by Gasteiger charge is 2.28. The summed E-state index contributed by atoms with van der Waals surface area (Å²) in [5.74, 6) is 1.82. The second kappa shape index (κ2) is 10.2. The number of benzene rings is 3. The van der Waals surface area contributed by atoms with Crippen molar-refractivity contribution in [1.82, 2.24) is 9.78 Å². The standard InChI is InChI=1S/C28H25ClN4O3/c1-3-36-22-13-11-21(12-14-22)31-28(34)24-17-30-33-26(18-7-9-20(29)10-8-18)16-25(32-27(24)33)19-5-4-6-23(15-19)35-2/h4-17,26,32H,3H2,1-2H3,(H,31,34)/t26-/m0/s1. The quantitative estimate of drug-likeness (QED) is 0.313. The van der Waals surface area contributed by atoms with Crippen LogP contribution in [0.15, 0.2) is 85.1 Å². The van der Waals surface area contributed by atoms with E-state index in [1.54, 1.807) is 18.0 Å². The molecule has 36 heavy (non-hydrogen) atoms. The van der Waals surface area contributed by atoms with Gasteiger partial charge in [-0.3, -0.25) is 4.79 Å². The van der Waals surface area contributed by atoms with Crippen LogP contribution in [0.1, 0.15) is 34.5 Å². The van der Waals surface area contributed by atoms with E-state index in [0.717, 1.165) is 28.3 Å². The molecule has 1 aliphatic heterocycles.